The molecule has 6 heteroatoms. The van der Waals surface area contributed by atoms with Gasteiger partial charge in [-0.3, -0.25) is 0 Å². The van der Waals surface area contributed by atoms with Crippen LogP contribution in [-0.2, 0) is 13.0 Å². The lowest BCUT2D eigenvalue weighted by Crippen LogP contribution is -2.38. The Hall–Kier alpha value is -1.95. The molecule has 4 nitrogen and oxygen atoms in total. The molecule has 2 rings (SSSR count). The molecule has 0 radical (unpaired) electrons. The van der Waals surface area contributed by atoms with Crippen LogP contribution in [0.3, 0.4) is 0 Å². The standard InChI is InChI=1S/C17H23FN4S/c1-4-19-17(21-10-16-13(3)22-11-23-16)20-8-7-14-5-6-15(18)9-12(14)2/h5-6,9,11H,4,7-8,10H2,1-3H3,(H2,19,20,21). The predicted molar refractivity (Wildman–Crippen MR) is 94.5 cm³/mol. The molecule has 23 heavy (non-hydrogen) atoms. The lowest BCUT2D eigenvalue weighted by atomic mass is 10.1. The lowest BCUT2D eigenvalue weighted by molar-refractivity contribution is 0.625. The van der Waals surface area contributed by atoms with E-state index < -0.39 is 0 Å². The van der Waals surface area contributed by atoms with Crippen LogP contribution >= 0.6 is 11.3 Å². The number of hydrogen-bond donors (Lipinski definition) is 2. The Bertz CT molecular complexity index is 666. The molecule has 1 aromatic carbocycles. The smallest absolute Gasteiger partial charge is 0.191 e. The zero-order valence-corrected chi connectivity index (χ0v) is 14.6. The van der Waals surface area contributed by atoms with Crippen molar-refractivity contribution in [3.63, 3.8) is 0 Å². The summed E-state index contributed by atoms with van der Waals surface area (Å²) in [4.78, 5) is 10.0. The molecule has 0 amide bonds. The van der Waals surface area contributed by atoms with Gasteiger partial charge in [-0.25, -0.2) is 14.4 Å². The maximum absolute atomic E-state index is 13.1. The fourth-order valence-electron chi connectivity index (χ4n) is 2.23. The van der Waals surface area contributed by atoms with E-state index in [9.17, 15) is 4.39 Å². The summed E-state index contributed by atoms with van der Waals surface area (Å²) in [6.45, 7) is 8.16. The number of rotatable bonds is 6. The van der Waals surface area contributed by atoms with Gasteiger partial charge in [0.1, 0.15) is 5.82 Å². The van der Waals surface area contributed by atoms with Crippen molar-refractivity contribution in [2.45, 2.75) is 33.7 Å². The first-order valence-corrected chi connectivity index (χ1v) is 8.64. The highest BCUT2D eigenvalue weighted by Gasteiger charge is 2.03. The number of aliphatic imine (C=N–C) groups is 1. The Balaban J connectivity index is 1.90. The second-order valence-corrected chi connectivity index (χ2v) is 6.24. The number of aromatic nitrogens is 1. The van der Waals surface area contributed by atoms with Crippen molar-refractivity contribution < 1.29 is 4.39 Å². The molecule has 0 aliphatic heterocycles. The molecule has 0 spiro atoms. The number of benzene rings is 1. The number of nitrogens with zero attached hydrogens (tertiary/aromatic N) is 2. The van der Waals surface area contributed by atoms with E-state index in [1.54, 1.807) is 17.4 Å². The van der Waals surface area contributed by atoms with Gasteiger partial charge >= 0.3 is 0 Å². The highest BCUT2D eigenvalue weighted by atomic mass is 32.1. The van der Waals surface area contributed by atoms with Crippen LogP contribution in [0.4, 0.5) is 4.39 Å². The molecule has 1 heterocycles. The van der Waals surface area contributed by atoms with Crippen LogP contribution in [0.15, 0.2) is 28.7 Å². The molecule has 0 unspecified atom stereocenters. The summed E-state index contributed by atoms with van der Waals surface area (Å²) in [5.74, 6) is 0.606. The largest absolute Gasteiger partial charge is 0.357 e. The third-order valence-corrected chi connectivity index (χ3v) is 4.48. The Labute approximate surface area is 140 Å². The molecule has 0 saturated heterocycles. The molecule has 1 aromatic heterocycles. The monoisotopic (exact) mass is 334 g/mol. The Morgan fingerprint density at radius 1 is 1.30 bits per heavy atom. The van der Waals surface area contributed by atoms with Crippen LogP contribution < -0.4 is 10.6 Å². The average Bonchev–Trinajstić information content (AvgIpc) is 2.92. The second-order valence-electron chi connectivity index (χ2n) is 5.30. The number of aryl methyl sites for hydroxylation is 2. The van der Waals surface area contributed by atoms with Crippen molar-refractivity contribution in [1.29, 1.82) is 0 Å². The number of thiazole rings is 1. The van der Waals surface area contributed by atoms with E-state index in [0.717, 1.165) is 42.3 Å². The minimum absolute atomic E-state index is 0.186. The van der Waals surface area contributed by atoms with E-state index in [0.29, 0.717) is 6.54 Å². The van der Waals surface area contributed by atoms with Crippen LogP contribution in [0.25, 0.3) is 0 Å². The van der Waals surface area contributed by atoms with E-state index >= 15 is 0 Å². The predicted octanol–water partition coefficient (Wildman–Crippen LogP) is 3.20. The van der Waals surface area contributed by atoms with Crippen molar-refractivity contribution in [1.82, 2.24) is 15.6 Å². The quantitative estimate of drug-likeness (QED) is 0.630. The first-order valence-electron chi connectivity index (χ1n) is 7.76. The molecular formula is C17H23FN4S. The first-order chi connectivity index (χ1) is 11.1. The van der Waals surface area contributed by atoms with Crippen molar-refractivity contribution in [2.24, 2.45) is 4.99 Å². The van der Waals surface area contributed by atoms with Crippen molar-refractivity contribution in [3.8, 4) is 0 Å². The van der Waals surface area contributed by atoms with Crippen LogP contribution in [-0.4, -0.2) is 24.0 Å². The van der Waals surface area contributed by atoms with Crippen LogP contribution in [0.1, 0.15) is 28.6 Å². The van der Waals surface area contributed by atoms with Crippen molar-refractivity contribution in [3.05, 3.63) is 51.2 Å². The van der Waals surface area contributed by atoms with Gasteiger partial charge in [0.25, 0.3) is 0 Å². The number of guanidine groups is 1. The maximum atomic E-state index is 13.1. The molecule has 0 bridgehead atoms. The van der Waals surface area contributed by atoms with Crippen LogP contribution in [0, 0.1) is 19.7 Å². The van der Waals surface area contributed by atoms with Gasteiger partial charge in [0.2, 0.25) is 0 Å². The molecular weight excluding hydrogens is 311 g/mol. The van der Waals surface area contributed by atoms with Gasteiger partial charge in [-0.15, -0.1) is 11.3 Å². The maximum Gasteiger partial charge on any atom is 0.191 e. The van der Waals surface area contributed by atoms with Gasteiger partial charge in [-0.1, -0.05) is 6.07 Å². The summed E-state index contributed by atoms with van der Waals surface area (Å²) in [7, 11) is 0. The second kappa shape index (κ2) is 8.62. The fourth-order valence-corrected chi connectivity index (χ4v) is 2.93. The van der Waals surface area contributed by atoms with E-state index in [-0.39, 0.29) is 5.82 Å². The van der Waals surface area contributed by atoms with Gasteiger partial charge in [0.15, 0.2) is 5.96 Å². The molecule has 124 valence electrons. The number of nitrogens with one attached hydrogen (secondary N) is 2. The minimum atomic E-state index is -0.186. The molecule has 0 atom stereocenters. The van der Waals surface area contributed by atoms with Gasteiger partial charge in [0.05, 0.1) is 17.7 Å². The van der Waals surface area contributed by atoms with Crippen molar-refractivity contribution >= 4 is 17.3 Å². The zero-order valence-electron chi connectivity index (χ0n) is 13.8. The molecule has 0 fully saturated rings. The van der Waals surface area contributed by atoms with E-state index in [1.807, 2.05) is 32.3 Å². The van der Waals surface area contributed by atoms with Gasteiger partial charge in [-0.2, -0.15) is 0 Å². The summed E-state index contributed by atoms with van der Waals surface area (Å²) >= 11 is 1.62. The number of halogens is 1. The molecule has 2 N–H and O–H groups in total. The molecule has 0 aliphatic carbocycles. The van der Waals surface area contributed by atoms with E-state index in [2.05, 4.69) is 20.6 Å². The van der Waals surface area contributed by atoms with E-state index in [4.69, 9.17) is 0 Å². The summed E-state index contributed by atoms with van der Waals surface area (Å²) in [5.41, 5.74) is 5.01. The topological polar surface area (TPSA) is 49.3 Å². The summed E-state index contributed by atoms with van der Waals surface area (Å²) < 4.78 is 13.1. The normalized spacial score (nSPS) is 11.6. The minimum Gasteiger partial charge on any atom is -0.357 e. The molecule has 0 saturated carbocycles. The van der Waals surface area contributed by atoms with Crippen LogP contribution in [0.5, 0.6) is 0 Å². The summed E-state index contributed by atoms with van der Waals surface area (Å²) in [6, 6.07) is 4.92. The Morgan fingerprint density at radius 2 is 2.13 bits per heavy atom. The lowest BCUT2D eigenvalue weighted by Gasteiger charge is -2.12. The highest BCUT2D eigenvalue weighted by Crippen LogP contribution is 2.13. The van der Waals surface area contributed by atoms with Gasteiger partial charge in [-0.05, 0) is 50.5 Å². The third kappa shape index (κ3) is 5.32. The SMILES string of the molecule is CCNC(=NCc1scnc1C)NCCc1ccc(F)cc1C. The molecule has 0 aliphatic rings. The Kier molecular flexibility index (Phi) is 6.52. The van der Waals surface area contributed by atoms with Crippen molar-refractivity contribution in [2.75, 3.05) is 13.1 Å². The average molecular weight is 334 g/mol. The van der Waals surface area contributed by atoms with Gasteiger partial charge in [0, 0.05) is 18.0 Å². The van der Waals surface area contributed by atoms with Gasteiger partial charge < -0.3 is 10.6 Å². The number of hydrogen-bond acceptors (Lipinski definition) is 3. The fraction of sp³-hybridized carbons (Fsp3) is 0.412. The molecule has 2 aromatic rings. The van der Waals surface area contributed by atoms with E-state index in [1.165, 1.54) is 10.9 Å². The summed E-state index contributed by atoms with van der Waals surface area (Å²) in [5, 5.41) is 6.56. The summed E-state index contributed by atoms with van der Waals surface area (Å²) in [6.07, 6.45) is 0.829. The van der Waals surface area contributed by atoms with Crippen LogP contribution in [0.2, 0.25) is 0 Å². The highest BCUT2D eigenvalue weighted by molar-refractivity contribution is 7.09. The third-order valence-electron chi connectivity index (χ3n) is 3.56. The first kappa shape index (κ1) is 17.4. The zero-order chi connectivity index (χ0) is 16.7. The Morgan fingerprint density at radius 3 is 2.78 bits per heavy atom.